The molecule has 0 aliphatic rings. The molecular formula is C27H38N6. The molecule has 6 nitrogen and oxygen atoms in total. The average molecular weight is 447 g/mol. The Morgan fingerprint density at radius 3 is 2.58 bits per heavy atom. The van der Waals surface area contributed by atoms with Crippen LogP contribution in [0.25, 0.3) is 27.6 Å². The summed E-state index contributed by atoms with van der Waals surface area (Å²) in [5, 5.41) is 1.00. The van der Waals surface area contributed by atoms with E-state index in [4.69, 9.17) is 17.2 Å². The molecule has 0 spiro atoms. The fourth-order valence-electron chi connectivity index (χ4n) is 3.25. The van der Waals surface area contributed by atoms with Crippen LogP contribution in [0.1, 0.15) is 27.2 Å². The van der Waals surface area contributed by atoms with Crippen molar-refractivity contribution in [1.29, 1.82) is 0 Å². The van der Waals surface area contributed by atoms with Crippen LogP contribution in [-0.2, 0) is 0 Å². The predicted molar refractivity (Wildman–Crippen MR) is 146 cm³/mol. The number of hydrogen-bond acceptors (Lipinski definition) is 5. The quantitative estimate of drug-likeness (QED) is 0.229. The molecular weight excluding hydrogens is 408 g/mol. The van der Waals surface area contributed by atoms with Crippen LogP contribution in [0.15, 0.2) is 91.3 Å². The van der Waals surface area contributed by atoms with Gasteiger partial charge < -0.3 is 27.5 Å². The van der Waals surface area contributed by atoms with Crippen molar-refractivity contribution in [2.75, 3.05) is 12.8 Å². The number of benzene rings is 1. The highest BCUT2D eigenvalue weighted by molar-refractivity contribution is 6.09. The first-order valence-corrected chi connectivity index (χ1v) is 11.1. The zero-order valence-corrected chi connectivity index (χ0v) is 20.2. The lowest BCUT2D eigenvalue weighted by molar-refractivity contribution is 0.929. The molecule has 1 unspecified atom stereocenters. The van der Waals surface area contributed by atoms with Crippen molar-refractivity contribution >= 4 is 33.3 Å². The van der Waals surface area contributed by atoms with Gasteiger partial charge in [-0.15, -0.1) is 0 Å². The van der Waals surface area contributed by atoms with E-state index in [0.717, 1.165) is 34.1 Å². The number of hydrogen-bond donors (Lipinski definition) is 4. The minimum absolute atomic E-state index is 0.403. The molecule has 0 saturated carbocycles. The summed E-state index contributed by atoms with van der Waals surface area (Å²) in [4.78, 5) is 4.59. The lowest BCUT2D eigenvalue weighted by Crippen LogP contribution is -2.25. The van der Waals surface area contributed by atoms with Gasteiger partial charge in [0.05, 0.1) is 22.6 Å². The third-order valence-corrected chi connectivity index (χ3v) is 4.65. The largest absolute Gasteiger partial charge is 0.400 e. The van der Waals surface area contributed by atoms with Crippen molar-refractivity contribution in [3.05, 3.63) is 91.3 Å². The van der Waals surface area contributed by atoms with Gasteiger partial charge in [0.15, 0.2) is 0 Å². The van der Waals surface area contributed by atoms with Gasteiger partial charge in [0, 0.05) is 28.7 Å². The Bertz CT molecular complexity index is 1150. The van der Waals surface area contributed by atoms with E-state index in [9.17, 15) is 0 Å². The van der Waals surface area contributed by atoms with Gasteiger partial charge in [-0.25, -0.2) is 0 Å². The first-order chi connectivity index (χ1) is 16.1. The Hall–Kier alpha value is -3.61. The van der Waals surface area contributed by atoms with Crippen molar-refractivity contribution in [2.24, 2.45) is 17.2 Å². The number of nitrogen functional groups attached to an aromatic ring is 1. The van der Waals surface area contributed by atoms with Crippen molar-refractivity contribution in [1.82, 2.24) is 9.55 Å². The number of fused-ring (bicyclic) bond motifs is 3. The third kappa shape index (κ3) is 6.94. The summed E-state index contributed by atoms with van der Waals surface area (Å²) in [6.45, 7) is 9.68. The number of pyridine rings is 1. The van der Waals surface area contributed by atoms with Crippen LogP contribution in [0, 0.1) is 0 Å². The summed E-state index contributed by atoms with van der Waals surface area (Å²) in [6, 6.07) is 9.43. The molecule has 8 N–H and O–H groups in total. The van der Waals surface area contributed by atoms with Gasteiger partial charge in [0.25, 0.3) is 0 Å². The Kier molecular flexibility index (Phi) is 12.0. The molecule has 176 valence electrons. The van der Waals surface area contributed by atoms with E-state index in [2.05, 4.69) is 34.0 Å². The van der Waals surface area contributed by atoms with Crippen molar-refractivity contribution in [2.45, 2.75) is 33.2 Å². The maximum atomic E-state index is 6.32. The molecule has 0 amide bonds. The minimum Gasteiger partial charge on any atom is -0.400 e. The standard InChI is InChI=1S/C24H27N5.C2H6.CH5N/c1-3-5-7-9-18(16-21(27)20(26)10-6-4-2)29-22-13-12-17(25)15-19(22)24-23(29)11-8-14-28-24;2*1-2/h3-6,8-16,20H,2,7,25-27H2,1H3;1-2H3;2H2,1H3/b5-3-,10-6-,18-9+,21-16-;;. The molecule has 1 aromatic carbocycles. The lowest BCUT2D eigenvalue weighted by Gasteiger charge is -2.13. The van der Waals surface area contributed by atoms with E-state index >= 15 is 0 Å². The van der Waals surface area contributed by atoms with E-state index in [-0.39, 0.29) is 0 Å². The van der Waals surface area contributed by atoms with Gasteiger partial charge in [-0.05, 0) is 56.8 Å². The molecule has 2 heterocycles. The fourth-order valence-corrected chi connectivity index (χ4v) is 3.25. The zero-order chi connectivity index (χ0) is 24.8. The monoisotopic (exact) mass is 446 g/mol. The fraction of sp³-hybridized carbons (Fsp3) is 0.222. The average Bonchev–Trinajstić information content (AvgIpc) is 3.18. The second-order valence-electron chi connectivity index (χ2n) is 6.71. The topological polar surface area (TPSA) is 122 Å². The van der Waals surface area contributed by atoms with E-state index in [1.807, 2.05) is 69.3 Å². The predicted octanol–water partition coefficient (Wildman–Crippen LogP) is 5.09. The maximum absolute atomic E-state index is 6.32. The Balaban J connectivity index is 0.00000129. The van der Waals surface area contributed by atoms with E-state index < -0.39 is 6.04 Å². The molecule has 0 saturated heterocycles. The van der Waals surface area contributed by atoms with Crippen molar-refractivity contribution in [3.63, 3.8) is 0 Å². The maximum Gasteiger partial charge on any atom is 0.0964 e. The zero-order valence-electron chi connectivity index (χ0n) is 20.2. The van der Waals surface area contributed by atoms with Gasteiger partial charge in [0.2, 0.25) is 0 Å². The second kappa shape index (κ2) is 14.5. The van der Waals surface area contributed by atoms with Crippen LogP contribution in [0.3, 0.4) is 0 Å². The van der Waals surface area contributed by atoms with E-state index in [1.165, 1.54) is 7.05 Å². The van der Waals surface area contributed by atoms with Crippen molar-refractivity contribution in [3.8, 4) is 0 Å². The molecule has 1 atom stereocenters. The molecule has 6 heteroatoms. The lowest BCUT2D eigenvalue weighted by atomic mass is 10.1. The van der Waals surface area contributed by atoms with Gasteiger partial charge >= 0.3 is 0 Å². The summed E-state index contributed by atoms with van der Waals surface area (Å²) in [5.74, 6) is 0. The number of rotatable bonds is 7. The molecule has 0 aliphatic carbocycles. The molecule has 2 aromatic heterocycles. The summed E-state index contributed by atoms with van der Waals surface area (Å²) in [7, 11) is 1.50. The highest BCUT2D eigenvalue weighted by Gasteiger charge is 2.14. The highest BCUT2D eigenvalue weighted by Crippen LogP contribution is 2.32. The summed E-state index contributed by atoms with van der Waals surface area (Å²) in [6.07, 6.45) is 16.0. The molecule has 0 fully saturated rings. The van der Waals surface area contributed by atoms with Crippen LogP contribution >= 0.6 is 0 Å². The van der Waals surface area contributed by atoms with Crippen LogP contribution < -0.4 is 22.9 Å². The van der Waals surface area contributed by atoms with Crippen LogP contribution in [0.4, 0.5) is 5.69 Å². The Labute approximate surface area is 197 Å². The molecule has 0 radical (unpaired) electrons. The number of nitrogens with two attached hydrogens (primary N) is 4. The van der Waals surface area contributed by atoms with E-state index in [1.54, 1.807) is 18.3 Å². The molecule has 33 heavy (non-hydrogen) atoms. The molecule has 3 rings (SSSR count). The van der Waals surface area contributed by atoms with Crippen LogP contribution in [0.2, 0.25) is 0 Å². The number of nitrogens with zero attached hydrogens (tertiary/aromatic N) is 2. The SMILES string of the molecule is C=C/C=C\C(N)/C(N)=C/C(=C\C/C=C\C)n1c2ccc(N)cc2c2ncccc21.CC.CN. The summed E-state index contributed by atoms with van der Waals surface area (Å²) >= 11 is 0. The van der Waals surface area contributed by atoms with Crippen LogP contribution in [-0.4, -0.2) is 22.6 Å². The summed E-state index contributed by atoms with van der Waals surface area (Å²) < 4.78 is 2.15. The number of aromatic nitrogens is 2. The smallest absolute Gasteiger partial charge is 0.0964 e. The Morgan fingerprint density at radius 2 is 1.91 bits per heavy atom. The molecule has 0 aliphatic heterocycles. The van der Waals surface area contributed by atoms with Gasteiger partial charge in [-0.1, -0.05) is 56.9 Å². The minimum atomic E-state index is -0.403. The van der Waals surface area contributed by atoms with Gasteiger partial charge in [-0.3, -0.25) is 4.98 Å². The van der Waals surface area contributed by atoms with Gasteiger partial charge in [0.1, 0.15) is 0 Å². The van der Waals surface area contributed by atoms with Crippen LogP contribution in [0.5, 0.6) is 0 Å². The van der Waals surface area contributed by atoms with E-state index in [0.29, 0.717) is 11.4 Å². The first-order valence-electron chi connectivity index (χ1n) is 11.1. The highest BCUT2D eigenvalue weighted by atomic mass is 15.0. The second-order valence-corrected chi connectivity index (χ2v) is 6.71. The van der Waals surface area contributed by atoms with Crippen molar-refractivity contribution < 1.29 is 0 Å². The Morgan fingerprint density at radius 1 is 1.18 bits per heavy atom. The van der Waals surface area contributed by atoms with Gasteiger partial charge in [-0.2, -0.15) is 0 Å². The normalized spacial score (nSPS) is 13.0. The number of anilines is 1. The molecule has 3 aromatic rings. The number of allylic oxidation sites excluding steroid dienone is 7. The summed E-state index contributed by atoms with van der Waals surface area (Å²) in [5.41, 5.74) is 28.2. The molecule has 0 bridgehead atoms. The third-order valence-electron chi connectivity index (χ3n) is 4.65. The first kappa shape index (κ1) is 27.4.